The zero-order valence-corrected chi connectivity index (χ0v) is 18.5. The van der Waals surface area contributed by atoms with E-state index in [0.717, 1.165) is 22.2 Å². The average Bonchev–Trinajstić information content (AvgIpc) is 2.79. The third-order valence-electron chi connectivity index (χ3n) is 5.04. The molecule has 0 fully saturated rings. The van der Waals surface area contributed by atoms with E-state index in [-0.39, 0.29) is 23.0 Å². The van der Waals surface area contributed by atoms with Gasteiger partial charge in [-0.3, -0.25) is 29.8 Å². The Bertz CT molecular complexity index is 1040. The monoisotopic (exact) mass is 456 g/mol. The predicted octanol–water partition coefficient (Wildman–Crippen LogP) is 2.25. The Balaban J connectivity index is 2.04. The molecule has 168 valence electrons. The molecule has 0 bridgehead atoms. The van der Waals surface area contributed by atoms with Crippen molar-refractivity contribution < 1.29 is 29.0 Å². The van der Waals surface area contributed by atoms with Crippen LogP contribution in [0.3, 0.4) is 0 Å². The van der Waals surface area contributed by atoms with Gasteiger partial charge in [0.1, 0.15) is 12.3 Å². The van der Waals surface area contributed by atoms with Gasteiger partial charge in [-0.1, -0.05) is 54.2 Å². The number of ketones is 1. The molecule has 2 aromatic rings. The van der Waals surface area contributed by atoms with Crippen molar-refractivity contribution in [2.75, 3.05) is 11.4 Å². The van der Waals surface area contributed by atoms with E-state index in [1.54, 1.807) is 18.2 Å². The van der Waals surface area contributed by atoms with Crippen molar-refractivity contribution in [3.8, 4) is 5.75 Å². The number of nitrogens with two attached hydrogens (primary N) is 1. The Hall–Kier alpha value is -3.17. The fraction of sp³-hybridized carbons (Fsp3) is 0.304. The number of carbonyl (C=O) groups excluding carboxylic acids is 3. The second-order valence-electron chi connectivity index (χ2n) is 7.69. The molecule has 9 heteroatoms. The molecule has 0 saturated carbocycles. The van der Waals surface area contributed by atoms with E-state index in [1.165, 1.54) is 19.9 Å². The molecule has 0 aromatic heterocycles. The highest BCUT2D eigenvalue weighted by Crippen LogP contribution is 2.38. The van der Waals surface area contributed by atoms with Crippen LogP contribution in [-0.4, -0.2) is 45.4 Å². The summed E-state index contributed by atoms with van der Waals surface area (Å²) >= 11 is 0.818. The number of rotatable bonds is 7. The standard InChI is InChI=1S/C23H24N2O6S/c1-14(26)32-18(12-15-8-4-3-5-9-15)21(29)20-22(30)25(13-19(27)28)16-10-6-7-11-17(16)31-23(20,2)24/h3-11,18,20H,12-13,24H2,1-2H3,(H,27,28). The van der Waals surface area contributed by atoms with Crippen molar-refractivity contribution in [2.24, 2.45) is 11.7 Å². The van der Waals surface area contributed by atoms with Crippen LogP contribution in [0.1, 0.15) is 19.4 Å². The number of carboxylic acids is 1. The number of Topliss-reactive ketones (excluding diaryl/α,β-unsaturated/α-hetero) is 1. The second-order valence-corrected chi connectivity index (χ2v) is 9.07. The topological polar surface area (TPSA) is 127 Å². The Morgan fingerprint density at radius 1 is 1.16 bits per heavy atom. The molecule has 8 nitrogen and oxygen atoms in total. The Labute approximate surface area is 189 Å². The summed E-state index contributed by atoms with van der Waals surface area (Å²) < 4.78 is 5.87. The van der Waals surface area contributed by atoms with Crippen LogP contribution >= 0.6 is 11.8 Å². The van der Waals surface area contributed by atoms with Gasteiger partial charge in [0.05, 0.1) is 10.9 Å². The van der Waals surface area contributed by atoms with Crippen LogP contribution in [0, 0.1) is 5.92 Å². The van der Waals surface area contributed by atoms with Crippen LogP contribution < -0.4 is 15.4 Å². The van der Waals surface area contributed by atoms with E-state index in [9.17, 15) is 24.3 Å². The van der Waals surface area contributed by atoms with Gasteiger partial charge < -0.3 is 9.84 Å². The first-order valence-electron chi connectivity index (χ1n) is 9.95. The second kappa shape index (κ2) is 9.54. The summed E-state index contributed by atoms with van der Waals surface area (Å²) in [5.74, 6) is -3.95. The smallest absolute Gasteiger partial charge is 0.323 e. The first-order chi connectivity index (χ1) is 15.1. The third kappa shape index (κ3) is 5.17. The molecule has 0 aliphatic carbocycles. The largest absolute Gasteiger partial charge is 0.480 e. The van der Waals surface area contributed by atoms with Gasteiger partial charge in [-0.15, -0.1) is 0 Å². The zero-order valence-electron chi connectivity index (χ0n) is 17.7. The minimum Gasteiger partial charge on any atom is -0.480 e. The molecule has 1 amide bonds. The molecule has 1 heterocycles. The molecule has 0 spiro atoms. The SMILES string of the molecule is CC(=O)SC(Cc1ccccc1)C(=O)C1C(=O)N(CC(=O)O)c2ccccc2OC1(C)N. The highest BCUT2D eigenvalue weighted by atomic mass is 32.2. The molecule has 1 aliphatic heterocycles. The van der Waals surface area contributed by atoms with E-state index in [4.69, 9.17) is 10.5 Å². The number of anilines is 1. The number of para-hydroxylation sites is 2. The number of nitrogens with zero attached hydrogens (tertiary/aromatic N) is 1. The zero-order chi connectivity index (χ0) is 23.5. The van der Waals surface area contributed by atoms with Crippen molar-refractivity contribution in [2.45, 2.75) is 31.2 Å². The van der Waals surface area contributed by atoms with E-state index in [1.807, 2.05) is 30.3 Å². The summed E-state index contributed by atoms with van der Waals surface area (Å²) in [4.78, 5) is 51.6. The minimum absolute atomic E-state index is 0.196. The quantitative estimate of drug-likeness (QED) is 0.608. The highest BCUT2D eigenvalue weighted by molar-refractivity contribution is 8.14. The lowest BCUT2D eigenvalue weighted by atomic mass is 9.88. The highest BCUT2D eigenvalue weighted by Gasteiger charge is 2.50. The fourth-order valence-electron chi connectivity index (χ4n) is 3.70. The van der Waals surface area contributed by atoms with E-state index in [0.29, 0.717) is 0 Å². The maximum Gasteiger partial charge on any atom is 0.323 e. The lowest BCUT2D eigenvalue weighted by Crippen LogP contribution is -2.59. The normalized spacial score (nSPS) is 21.2. The number of ether oxygens (including phenoxy) is 1. The molecule has 2 aromatic carbocycles. The lowest BCUT2D eigenvalue weighted by Gasteiger charge is -2.33. The number of amides is 1. The summed E-state index contributed by atoms with van der Waals surface area (Å²) in [7, 11) is 0. The Kier molecular flexibility index (Phi) is 7.00. The molecule has 1 aliphatic rings. The first kappa shape index (κ1) is 23.5. The molecule has 3 atom stereocenters. The van der Waals surface area contributed by atoms with Crippen molar-refractivity contribution in [3.63, 3.8) is 0 Å². The molecule has 3 N–H and O–H groups in total. The molecular weight excluding hydrogens is 432 g/mol. The van der Waals surface area contributed by atoms with Crippen LogP contribution in [0.2, 0.25) is 0 Å². The average molecular weight is 457 g/mol. The number of aliphatic carboxylic acids is 1. The van der Waals surface area contributed by atoms with Gasteiger partial charge in [0.15, 0.2) is 22.5 Å². The van der Waals surface area contributed by atoms with Crippen molar-refractivity contribution in [1.82, 2.24) is 0 Å². The number of benzene rings is 2. The first-order valence-corrected chi connectivity index (χ1v) is 10.8. The fourth-order valence-corrected chi connectivity index (χ4v) is 4.63. The van der Waals surface area contributed by atoms with Crippen molar-refractivity contribution in [1.29, 1.82) is 0 Å². The third-order valence-corrected chi connectivity index (χ3v) is 6.05. The Morgan fingerprint density at radius 3 is 2.41 bits per heavy atom. The van der Waals surface area contributed by atoms with E-state index in [2.05, 4.69) is 0 Å². The van der Waals surface area contributed by atoms with Gasteiger partial charge in [-0.05, 0) is 31.0 Å². The maximum atomic E-state index is 13.7. The molecule has 32 heavy (non-hydrogen) atoms. The van der Waals surface area contributed by atoms with Crippen molar-refractivity contribution in [3.05, 3.63) is 60.2 Å². The van der Waals surface area contributed by atoms with Gasteiger partial charge in [0, 0.05) is 6.92 Å². The predicted molar refractivity (Wildman–Crippen MR) is 120 cm³/mol. The van der Waals surface area contributed by atoms with E-state index < -0.39 is 41.1 Å². The summed E-state index contributed by atoms with van der Waals surface area (Å²) in [5.41, 5.74) is 5.62. The van der Waals surface area contributed by atoms with Crippen LogP contribution in [0.25, 0.3) is 0 Å². The molecular formula is C23H24N2O6S. The van der Waals surface area contributed by atoms with E-state index >= 15 is 0 Å². The number of hydrogen-bond acceptors (Lipinski definition) is 7. The number of carbonyl (C=O) groups is 4. The van der Waals surface area contributed by atoms with Gasteiger partial charge in [0.25, 0.3) is 0 Å². The minimum atomic E-state index is -1.76. The van der Waals surface area contributed by atoms with Crippen LogP contribution in [0.15, 0.2) is 54.6 Å². The van der Waals surface area contributed by atoms with Gasteiger partial charge >= 0.3 is 5.97 Å². The molecule has 0 radical (unpaired) electrons. The Morgan fingerprint density at radius 2 is 1.78 bits per heavy atom. The van der Waals surface area contributed by atoms with Crippen molar-refractivity contribution >= 4 is 40.2 Å². The van der Waals surface area contributed by atoms with Crippen LogP contribution in [0.5, 0.6) is 5.75 Å². The lowest BCUT2D eigenvalue weighted by molar-refractivity contribution is -0.142. The summed E-state index contributed by atoms with van der Waals surface area (Å²) in [6.45, 7) is 2.09. The number of thioether (sulfide) groups is 1. The maximum absolute atomic E-state index is 13.7. The van der Waals surface area contributed by atoms with Gasteiger partial charge in [-0.25, -0.2) is 0 Å². The van der Waals surface area contributed by atoms with Gasteiger partial charge in [0.2, 0.25) is 5.91 Å². The van der Waals surface area contributed by atoms with Gasteiger partial charge in [-0.2, -0.15) is 0 Å². The summed E-state index contributed by atoms with van der Waals surface area (Å²) in [6, 6.07) is 15.5. The molecule has 3 unspecified atom stereocenters. The molecule has 3 rings (SSSR count). The van der Waals surface area contributed by atoms with Crippen LogP contribution in [0.4, 0.5) is 5.69 Å². The summed E-state index contributed by atoms with van der Waals surface area (Å²) in [5, 5.41) is 8.19. The number of carboxylic acid groups (broad SMARTS) is 1. The summed E-state index contributed by atoms with van der Waals surface area (Å²) in [6.07, 6.45) is 0.204. The number of fused-ring (bicyclic) bond motifs is 1. The van der Waals surface area contributed by atoms with Crippen LogP contribution in [-0.2, 0) is 25.6 Å². The molecule has 0 saturated heterocycles. The number of hydrogen-bond donors (Lipinski definition) is 2.